The number of hydrogen-bond acceptors (Lipinski definition) is 5. The molecule has 3 N–H and O–H groups in total. The Morgan fingerprint density at radius 2 is 2.04 bits per heavy atom. The molecule has 0 bridgehead atoms. The lowest BCUT2D eigenvalue weighted by atomic mass is 10.0. The molecule has 0 fully saturated rings. The van der Waals surface area contributed by atoms with E-state index in [1.165, 1.54) is 23.0 Å². The summed E-state index contributed by atoms with van der Waals surface area (Å²) in [6.45, 7) is 3.53. The van der Waals surface area contributed by atoms with Crippen LogP contribution in [-0.4, -0.2) is 50.5 Å². The van der Waals surface area contributed by atoms with Gasteiger partial charge in [-0.3, -0.25) is 9.59 Å². The number of rotatable bonds is 9. The van der Waals surface area contributed by atoms with E-state index < -0.39 is 30.4 Å². The number of amides is 2. The number of benzene rings is 1. The summed E-state index contributed by atoms with van der Waals surface area (Å²) in [5.74, 6) is -2.67. The zero-order chi connectivity index (χ0) is 20.7. The lowest BCUT2D eigenvalue weighted by Crippen LogP contribution is -2.46. The second-order valence-corrected chi connectivity index (χ2v) is 6.70. The SMILES string of the molecule is CC(C)C[C@H](NC(=O)CNC(=O)c1cn(Cc2cccc(F)c2)nn1)C(=O)O. The standard InChI is InChI=1S/C18H22FN5O4/c1-11(2)6-14(18(27)28)21-16(25)8-20-17(26)15-10-24(23-22-15)9-12-4-3-5-13(19)7-12/h3-5,7,10-11,14H,6,8-9H2,1-2H3,(H,20,26)(H,21,25)(H,27,28)/t14-/m0/s1. The van der Waals surface area contributed by atoms with E-state index >= 15 is 0 Å². The van der Waals surface area contributed by atoms with Crippen LogP contribution in [0, 0.1) is 11.7 Å². The smallest absolute Gasteiger partial charge is 0.326 e. The Labute approximate surface area is 160 Å². The third-order valence-corrected chi connectivity index (χ3v) is 3.75. The van der Waals surface area contributed by atoms with Gasteiger partial charge in [0.05, 0.1) is 19.3 Å². The number of carboxylic acids is 1. The van der Waals surface area contributed by atoms with Crippen molar-refractivity contribution in [3.8, 4) is 0 Å². The molecule has 28 heavy (non-hydrogen) atoms. The molecule has 1 aromatic heterocycles. The van der Waals surface area contributed by atoms with Gasteiger partial charge in [0, 0.05) is 0 Å². The number of hydrogen-bond donors (Lipinski definition) is 3. The summed E-state index contributed by atoms with van der Waals surface area (Å²) in [6.07, 6.45) is 1.65. The zero-order valence-corrected chi connectivity index (χ0v) is 15.6. The Hall–Kier alpha value is -3.30. The third kappa shape index (κ3) is 6.45. The van der Waals surface area contributed by atoms with Crippen molar-refractivity contribution in [2.75, 3.05) is 6.54 Å². The summed E-state index contributed by atoms with van der Waals surface area (Å²) in [5.41, 5.74) is 0.641. The largest absolute Gasteiger partial charge is 0.480 e. The highest BCUT2D eigenvalue weighted by molar-refractivity contribution is 5.95. The zero-order valence-electron chi connectivity index (χ0n) is 15.6. The van der Waals surface area contributed by atoms with E-state index in [4.69, 9.17) is 5.11 Å². The van der Waals surface area contributed by atoms with Crippen molar-refractivity contribution < 1.29 is 23.9 Å². The highest BCUT2D eigenvalue weighted by atomic mass is 19.1. The topological polar surface area (TPSA) is 126 Å². The normalized spacial score (nSPS) is 11.9. The number of carbonyl (C=O) groups excluding carboxylic acids is 2. The average Bonchev–Trinajstić information content (AvgIpc) is 3.07. The Kier molecular flexibility index (Phi) is 7.19. The molecule has 2 amide bonds. The van der Waals surface area contributed by atoms with Gasteiger partial charge < -0.3 is 15.7 Å². The average molecular weight is 391 g/mol. The van der Waals surface area contributed by atoms with E-state index in [9.17, 15) is 18.8 Å². The van der Waals surface area contributed by atoms with Gasteiger partial charge in [-0.1, -0.05) is 31.2 Å². The predicted molar refractivity (Wildman–Crippen MR) is 96.9 cm³/mol. The summed E-state index contributed by atoms with van der Waals surface area (Å²) in [5, 5.41) is 21.4. The molecule has 0 aliphatic heterocycles. The van der Waals surface area contributed by atoms with E-state index in [2.05, 4.69) is 20.9 Å². The molecule has 1 aromatic carbocycles. The van der Waals surface area contributed by atoms with Crippen molar-refractivity contribution in [1.29, 1.82) is 0 Å². The Morgan fingerprint density at radius 1 is 1.29 bits per heavy atom. The predicted octanol–water partition coefficient (Wildman–Crippen LogP) is 0.811. The minimum Gasteiger partial charge on any atom is -0.480 e. The van der Waals surface area contributed by atoms with Gasteiger partial charge in [0.25, 0.3) is 5.91 Å². The molecule has 0 aliphatic carbocycles. The summed E-state index contributed by atoms with van der Waals surface area (Å²) in [6, 6.07) is 4.94. The molecule has 0 aliphatic rings. The maximum absolute atomic E-state index is 13.2. The number of aliphatic carboxylic acids is 1. The van der Waals surface area contributed by atoms with E-state index in [1.807, 2.05) is 13.8 Å². The molecule has 1 atom stereocenters. The van der Waals surface area contributed by atoms with Crippen molar-refractivity contribution in [2.24, 2.45) is 5.92 Å². The number of carbonyl (C=O) groups is 3. The van der Waals surface area contributed by atoms with Crippen LogP contribution in [0.1, 0.15) is 36.3 Å². The molecule has 0 spiro atoms. The minimum absolute atomic E-state index is 0.0128. The second-order valence-electron chi connectivity index (χ2n) is 6.70. The fraction of sp³-hybridized carbons (Fsp3) is 0.389. The highest BCUT2D eigenvalue weighted by Crippen LogP contribution is 2.06. The molecule has 2 rings (SSSR count). The van der Waals surface area contributed by atoms with E-state index in [1.54, 1.807) is 12.1 Å². The quantitative estimate of drug-likeness (QED) is 0.581. The van der Waals surface area contributed by atoms with Gasteiger partial charge in [-0.15, -0.1) is 5.10 Å². The van der Waals surface area contributed by atoms with Crippen LogP contribution in [0.25, 0.3) is 0 Å². The summed E-state index contributed by atoms with van der Waals surface area (Å²) in [7, 11) is 0. The molecule has 10 heteroatoms. The van der Waals surface area contributed by atoms with Crippen molar-refractivity contribution in [2.45, 2.75) is 32.9 Å². The van der Waals surface area contributed by atoms with Crippen LogP contribution >= 0.6 is 0 Å². The van der Waals surface area contributed by atoms with Crippen LogP contribution in [0.2, 0.25) is 0 Å². The lowest BCUT2D eigenvalue weighted by molar-refractivity contribution is -0.142. The summed E-state index contributed by atoms with van der Waals surface area (Å²) in [4.78, 5) is 35.1. The fourth-order valence-corrected chi connectivity index (χ4v) is 2.49. The number of nitrogens with one attached hydrogen (secondary N) is 2. The van der Waals surface area contributed by atoms with E-state index in [0.29, 0.717) is 5.56 Å². The Bertz CT molecular complexity index is 852. The Balaban J connectivity index is 1.87. The molecule has 0 unspecified atom stereocenters. The van der Waals surface area contributed by atoms with Crippen molar-refractivity contribution in [1.82, 2.24) is 25.6 Å². The van der Waals surface area contributed by atoms with Gasteiger partial charge in [-0.2, -0.15) is 0 Å². The highest BCUT2D eigenvalue weighted by Gasteiger charge is 2.21. The van der Waals surface area contributed by atoms with Gasteiger partial charge in [-0.25, -0.2) is 13.9 Å². The van der Waals surface area contributed by atoms with E-state index in [-0.39, 0.29) is 30.4 Å². The molecular formula is C18H22FN5O4. The first kappa shape index (κ1) is 21.0. The molecule has 150 valence electrons. The maximum atomic E-state index is 13.2. The van der Waals surface area contributed by atoms with Crippen LogP contribution in [0.4, 0.5) is 4.39 Å². The van der Waals surface area contributed by atoms with Crippen molar-refractivity contribution in [3.63, 3.8) is 0 Å². The van der Waals surface area contributed by atoms with Crippen molar-refractivity contribution in [3.05, 3.63) is 47.5 Å². The van der Waals surface area contributed by atoms with Crippen LogP contribution < -0.4 is 10.6 Å². The fourth-order valence-electron chi connectivity index (χ4n) is 2.49. The van der Waals surface area contributed by atoms with Gasteiger partial charge in [0.15, 0.2) is 5.69 Å². The first-order chi connectivity index (χ1) is 13.2. The number of carboxylic acid groups (broad SMARTS) is 1. The molecule has 9 nitrogen and oxygen atoms in total. The molecular weight excluding hydrogens is 369 g/mol. The second kappa shape index (κ2) is 9.58. The van der Waals surface area contributed by atoms with Crippen LogP contribution in [0.5, 0.6) is 0 Å². The van der Waals surface area contributed by atoms with Gasteiger partial charge >= 0.3 is 5.97 Å². The summed E-state index contributed by atoms with van der Waals surface area (Å²) < 4.78 is 14.6. The van der Waals surface area contributed by atoms with Gasteiger partial charge in [0.2, 0.25) is 5.91 Å². The number of nitrogens with zero attached hydrogens (tertiary/aromatic N) is 3. The van der Waals surface area contributed by atoms with Crippen LogP contribution in [-0.2, 0) is 16.1 Å². The van der Waals surface area contributed by atoms with Gasteiger partial charge in [0.1, 0.15) is 11.9 Å². The molecule has 2 aromatic rings. The first-order valence-electron chi connectivity index (χ1n) is 8.69. The van der Waals surface area contributed by atoms with E-state index in [0.717, 1.165) is 0 Å². The summed E-state index contributed by atoms with van der Waals surface area (Å²) >= 11 is 0. The Morgan fingerprint density at radius 3 is 2.68 bits per heavy atom. The first-order valence-corrected chi connectivity index (χ1v) is 8.69. The van der Waals surface area contributed by atoms with Crippen LogP contribution in [0.3, 0.4) is 0 Å². The molecule has 1 heterocycles. The number of halogens is 1. The lowest BCUT2D eigenvalue weighted by Gasteiger charge is -2.16. The molecule has 0 saturated carbocycles. The monoisotopic (exact) mass is 391 g/mol. The third-order valence-electron chi connectivity index (χ3n) is 3.75. The van der Waals surface area contributed by atoms with Crippen molar-refractivity contribution >= 4 is 17.8 Å². The minimum atomic E-state index is -1.13. The van der Waals surface area contributed by atoms with Crippen LogP contribution in [0.15, 0.2) is 30.5 Å². The molecule has 0 saturated heterocycles. The molecule has 0 radical (unpaired) electrons. The van der Waals surface area contributed by atoms with Gasteiger partial charge in [-0.05, 0) is 30.0 Å². The number of aromatic nitrogens is 3. The maximum Gasteiger partial charge on any atom is 0.326 e.